The Morgan fingerprint density at radius 2 is 1.65 bits per heavy atom. The SMILES string of the molecule is CCC(C)C(C(CC(=O)N1CCCC1C(OC)C(C)C(=O)NC(C)C(O)c1ccccc1)OC)N(C)C(=O)CC(C)(C)O.CNC(C)(C)C(N)=O. The van der Waals surface area contributed by atoms with Crippen LogP contribution < -0.4 is 16.4 Å². The van der Waals surface area contributed by atoms with Gasteiger partial charge in [0.05, 0.1) is 66.3 Å². The molecule has 0 saturated carbocycles. The number of amides is 4. The Kier molecular flexibility index (Phi) is 18.7. The topological polar surface area (TPSA) is 184 Å². The second kappa shape index (κ2) is 20.8. The van der Waals surface area contributed by atoms with Crippen molar-refractivity contribution in [2.24, 2.45) is 17.6 Å². The normalized spacial score (nSPS) is 19.0. The third-order valence-electron chi connectivity index (χ3n) is 10.1. The van der Waals surface area contributed by atoms with Crippen LogP contribution in [0.5, 0.6) is 0 Å². The Morgan fingerprint density at radius 3 is 2.10 bits per heavy atom. The van der Waals surface area contributed by atoms with Gasteiger partial charge < -0.3 is 45.9 Å². The number of rotatable bonds is 18. The maximum atomic E-state index is 13.8. The largest absolute Gasteiger partial charge is 0.390 e. The highest BCUT2D eigenvalue weighted by Gasteiger charge is 2.42. The van der Waals surface area contributed by atoms with E-state index in [4.69, 9.17) is 15.2 Å². The number of aliphatic hydroxyl groups is 2. The average Bonchev–Trinajstić information content (AvgIpc) is 3.57. The van der Waals surface area contributed by atoms with E-state index in [2.05, 4.69) is 10.6 Å². The molecule has 2 rings (SSSR count). The Bertz CT molecular complexity index is 1240. The van der Waals surface area contributed by atoms with Crippen molar-refractivity contribution in [3.05, 3.63) is 35.9 Å². The number of aliphatic hydroxyl groups excluding tert-OH is 1. The zero-order valence-electron chi connectivity index (χ0n) is 33.1. The van der Waals surface area contributed by atoms with Gasteiger partial charge in [-0.3, -0.25) is 19.2 Å². The van der Waals surface area contributed by atoms with Crippen molar-refractivity contribution in [1.82, 2.24) is 20.4 Å². The Labute approximate surface area is 306 Å². The maximum absolute atomic E-state index is 13.8. The van der Waals surface area contributed by atoms with Gasteiger partial charge in [-0.25, -0.2) is 0 Å². The number of hydrogen-bond donors (Lipinski definition) is 5. The molecule has 1 aliphatic rings. The number of benzene rings is 1. The van der Waals surface area contributed by atoms with Gasteiger partial charge in [0.2, 0.25) is 23.6 Å². The molecule has 1 aromatic rings. The summed E-state index contributed by atoms with van der Waals surface area (Å²) in [5.74, 6) is -1.45. The van der Waals surface area contributed by atoms with Gasteiger partial charge in [-0.2, -0.15) is 0 Å². The molecule has 51 heavy (non-hydrogen) atoms. The molecule has 292 valence electrons. The third-order valence-corrected chi connectivity index (χ3v) is 10.1. The predicted octanol–water partition coefficient (Wildman–Crippen LogP) is 2.78. The number of methoxy groups -OCH3 is 2. The first-order chi connectivity index (χ1) is 23.7. The minimum absolute atomic E-state index is 0.0362. The molecule has 0 aromatic heterocycles. The van der Waals surface area contributed by atoms with E-state index in [0.717, 1.165) is 18.4 Å². The molecule has 1 saturated heterocycles. The minimum atomic E-state index is -1.15. The Morgan fingerprint density at radius 1 is 1.06 bits per heavy atom. The van der Waals surface area contributed by atoms with E-state index in [1.54, 1.807) is 79.7 Å². The van der Waals surface area contributed by atoms with Crippen molar-refractivity contribution in [2.45, 2.75) is 135 Å². The predicted molar refractivity (Wildman–Crippen MR) is 198 cm³/mol. The van der Waals surface area contributed by atoms with Crippen LogP contribution in [-0.4, -0.2) is 120 Å². The molecular formula is C38H67N5O8. The van der Waals surface area contributed by atoms with Crippen molar-refractivity contribution in [3.8, 4) is 0 Å². The number of likely N-dealkylation sites (tertiary alicyclic amines) is 1. The van der Waals surface area contributed by atoms with Crippen LogP contribution in [0.1, 0.15) is 99.2 Å². The molecule has 0 aliphatic carbocycles. The van der Waals surface area contributed by atoms with E-state index >= 15 is 0 Å². The molecule has 0 spiro atoms. The smallest absolute Gasteiger partial charge is 0.237 e. The van der Waals surface area contributed by atoms with Crippen LogP contribution in [0.2, 0.25) is 0 Å². The van der Waals surface area contributed by atoms with Gasteiger partial charge in [0, 0.05) is 27.8 Å². The number of nitrogens with zero attached hydrogens (tertiary/aromatic N) is 2. The van der Waals surface area contributed by atoms with Crippen LogP contribution in [0.25, 0.3) is 0 Å². The fourth-order valence-electron chi connectivity index (χ4n) is 6.32. The monoisotopic (exact) mass is 721 g/mol. The van der Waals surface area contributed by atoms with Gasteiger partial charge in [-0.05, 0) is 66.0 Å². The average molecular weight is 722 g/mol. The molecule has 1 heterocycles. The number of carbonyl (C=O) groups excluding carboxylic acids is 4. The molecule has 0 bridgehead atoms. The summed E-state index contributed by atoms with van der Waals surface area (Å²) in [7, 11) is 6.51. The van der Waals surface area contributed by atoms with E-state index in [1.807, 2.05) is 44.2 Å². The summed E-state index contributed by atoms with van der Waals surface area (Å²) in [5, 5.41) is 26.6. The molecule has 0 radical (unpaired) electrons. The summed E-state index contributed by atoms with van der Waals surface area (Å²) in [4.78, 5) is 54.0. The summed E-state index contributed by atoms with van der Waals surface area (Å²) < 4.78 is 11.7. The van der Waals surface area contributed by atoms with Crippen LogP contribution in [0.3, 0.4) is 0 Å². The van der Waals surface area contributed by atoms with Crippen LogP contribution >= 0.6 is 0 Å². The summed E-state index contributed by atoms with van der Waals surface area (Å²) in [6.45, 7) is 14.8. The maximum Gasteiger partial charge on any atom is 0.237 e. The quantitative estimate of drug-likeness (QED) is 0.152. The molecule has 1 fully saturated rings. The first-order valence-corrected chi connectivity index (χ1v) is 18.0. The number of carbonyl (C=O) groups is 4. The number of hydrogen-bond acceptors (Lipinski definition) is 9. The van der Waals surface area contributed by atoms with Gasteiger partial charge in [-0.15, -0.1) is 0 Å². The summed E-state index contributed by atoms with van der Waals surface area (Å²) in [6.07, 6.45) is 0.327. The molecular weight excluding hydrogens is 654 g/mol. The molecule has 1 aliphatic heterocycles. The summed E-state index contributed by atoms with van der Waals surface area (Å²) in [6, 6.07) is 7.99. The Hall–Kier alpha value is -3.10. The molecule has 4 amide bonds. The lowest BCUT2D eigenvalue weighted by Gasteiger charge is -2.40. The van der Waals surface area contributed by atoms with Crippen molar-refractivity contribution in [2.75, 3.05) is 34.9 Å². The second-order valence-corrected chi connectivity index (χ2v) is 15.0. The van der Waals surface area contributed by atoms with E-state index < -0.39 is 41.4 Å². The van der Waals surface area contributed by atoms with E-state index in [1.165, 1.54) is 0 Å². The highest BCUT2D eigenvalue weighted by atomic mass is 16.5. The number of likely N-dealkylation sites (N-methyl/N-ethyl adjacent to an activating group) is 2. The number of nitrogens with one attached hydrogen (secondary N) is 2. The zero-order valence-corrected chi connectivity index (χ0v) is 33.1. The summed E-state index contributed by atoms with van der Waals surface area (Å²) >= 11 is 0. The second-order valence-electron chi connectivity index (χ2n) is 15.0. The van der Waals surface area contributed by atoms with Gasteiger partial charge in [0.15, 0.2) is 0 Å². The lowest BCUT2D eigenvalue weighted by molar-refractivity contribution is -0.147. The Balaban J connectivity index is 0.00000144. The fraction of sp³-hybridized carbons (Fsp3) is 0.737. The first-order valence-electron chi connectivity index (χ1n) is 18.0. The van der Waals surface area contributed by atoms with Crippen molar-refractivity contribution in [1.29, 1.82) is 0 Å². The van der Waals surface area contributed by atoms with Crippen molar-refractivity contribution < 1.29 is 38.9 Å². The molecule has 13 nitrogen and oxygen atoms in total. The third kappa shape index (κ3) is 13.8. The fourth-order valence-corrected chi connectivity index (χ4v) is 6.32. The lowest BCUT2D eigenvalue weighted by Crippen LogP contribution is -2.54. The van der Waals surface area contributed by atoms with E-state index in [9.17, 15) is 29.4 Å². The number of ether oxygens (including phenoxy) is 2. The molecule has 6 N–H and O–H groups in total. The highest BCUT2D eigenvalue weighted by molar-refractivity contribution is 5.83. The van der Waals surface area contributed by atoms with Crippen LogP contribution in [0.4, 0.5) is 0 Å². The van der Waals surface area contributed by atoms with Crippen LogP contribution in [-0.2, 0) is 28.7 Å². The molecule has 8 atom stereocenters. The molecule has 1 aromatic carbocycles. The first kappa shape index (κ1) is 45.9. The van der Waals surface area contributed by atoms with Gasteiger partial charge in [0.25, 0.3) is 0 Å². The zero-order chi connectivity index (χ0) is 39.3. The van der Waals surface area contributed by atoms with Crippen molar-refractivity contribution >= 4 is 23.6 Å². The molecule has 13 heteroatoms. The highest BCUT2D eigenvalue weighted by Crippen LogP contribution is 2.30. The summed E-state index contributed by atoms with van der Waals surface area (Å²) in [5.41, 5.74) is 3.98. The van der Waals surface area contributed by atoms with Crippen LogP contribution in [0.15, 0.2) is 30.3 Å². The van der Waals surface area contributed by atoms with Gasteiger partial charge in [0.1, 0.15) is 0 Å². The van der Waals surface area contributed by atoms with E-state index in [-0.39, 0.29) is 54.5 Å². The van der Waals surface area contributed by atoms with Crippen LogP contribution in [0, 0.1) is 11.8 Å². The number of nitrogens with two attached hydrogens (primary N) is 1. The van der Waals surface area contributed by atoms with Gasteiger partial charge in [-0.1, -0.05) is 57.5 Å². The molecule has 8 unspecified atom stereocenters. The van der Waals surface area contributed by atoms with Crippen molar-refractivity contribution in [3.63, 3.8) is 0 Å². The van der Waals surface area contributed by atoms with Gasteiger partial charge >= 0.3 is 0 Å². The standard InChI is InChI=1S/C33H55N3O7.C5H12N2O/c1-10-21(2)29(35(7)28(38)20-33(5,6)41)26(42-8)19-27(37)36-18-14-17-25(36)31(43-9)22(3)32(40)34-23(4)30(39)24-15-12-11-13-16-24;1-5(2,7-3)4(6)8/h11-13,15-16,21-23,25-26,29-31,39,41H,10,14,17-20H2,1-9H3,(H,34,40);7H,1-3H3,(H2,6,8). The minimum Gasteiger partial charge on any atom is -0.390 e. The van der Waals surface area contributed by atoms with E-state index in [0.29, 0.717) is 13.0 Å². The lowest BCUT2D eigenvalue weighted by atomic mass is 9.89. The number of primary amides is 1.